The van der Waals surface area contributed by atoms with Crippen LogP contribution in [0.4, 0.5) is 23.2 Å². The first kappa shape index (κ1) is 21.9. The number of amides is 1. The number of anilines is 1. The van der Waals surface area contributed by atoms with Crippen molar-refractivity contribution in [2.75, 3.05) is 12.4 Å². The Kier molecular flexibility index (Phi) is 6.05. The molecule has 0 bridgehead atoms. The number of carbonyl (C=O) groups excluding carboxylic acids is 1. The number of nitrogens with two attached hydrogens (primary N) is 1. The van der Waals surface area contributed by atoms with Crippen molar-refractivity contribution in [1.29, 1.82) is 0 Å². The first-order valence-electron chi connectivity index (χ1n) is 9.09. The predicted molar refractivity (Wildman–Crippen MR) is 112 cm³/mol. The molecular weight excluding hydrogens is 412 g/mol. The van der Waals surface area contributed by atoms with Crippen molar-refractivity contribution in [3.63, 3.8) is 0 Å². The largest absolute Gasteiger partial charge is 0.416 e. The molecule has 0 unspecified atom stereocenters. The second kappa shape index (κ2) is 8.55. The van der Waals surface area contributed by atoms with Gasteiger partial charge < -0.3 is 11.1 Å². The monoisotopic (exact) mass is 430 g/mol. The molecule has 9 heteroatoms. The number of pyridine rings is 1. The molecular formula is C22H18F4N4O. The van der Waals surface area contributed by atoms with Crippen LogP contribution in [0.1, 0.15) is 11.1 Å². The van der Waals surface area contributed by atoms with Crippen molar-refractivity contribution < 1.29 is 22.4 Å². The van der Waals surface area contributed by atoms with E-state index in [4.69, 9.17) is 5.73 Å². The molecule has 0 aliphatic carbocycles. The van der Waals surface area contributed by atoms with Gasteiger partial charge in [-0.2, -0.15) is 13.2 Å². The van der Waals surface area contributed by atoms with Gasteiger partial charge in [-0.1, -0.05) is 12.1 Å². The lowest BCUT2D eigenvalue weighted by Crippen LogP contribution is -2.22. The summed E-state index contributed by atoms with van der Waals surface area (Å²) in [5.41, 5.74) is 5.89. The van der Waals surface area contributed by atoms with Crippen LogP contribution in [0.2, 0.25) is 0 Å². The third kappa shape index (κ3) is 4.55. The van der Waals surface area contributed by atoms with Gasteiger partial charge >= 0.3 is 6.18 Å². The molecule has 1 heterocycles. The summed E-state index contributed by atoms with van der Waals surface area (Å²) in [5, 5.41) is 2.76. The van der Waals surface area contributed by atoms with Gasteiger partial charge in [-0.05, 0) is 55.1 Å². The van der Waals surface area contributed by atoms with Crippen molar-refractivity contribution in [3.05, 3.63) is 71.7 Å². The van der Waals surface area contributed by atoms with Gasteiger partial charge in [0.15, 0.2) is 0 Å². The highest BCUT2D eigenvalue weighted by atomic mass is 19.4. The predicted octanol–water partition coefficient (Wildman–Crippen LogP) is 4.85. The van der Waals surface area contributed by atoms with E-state index in [-0.39, 0.29) is 17.0 Å². The quantitative estimate of drug-likeness (QED) is 0.459. The number of hydrogen-bond acceptors (Lipinski definition) is 4. The van der Waals surface area contributed by atoms with Crippen molar-refractivity contribution in [3.8, 4) is 11.3 Å². The van der Waals surface area contributed by atoms with Gasteiger partial charge in [-0.15, -0.1) is 0 Å². The zero-order chi connectivity index (χ0) is 22.8. The van der Waals surface area contributed by atoms with Crippen LogP contribution in [-0.4, -0.2) is 23.7 Å². The lowest BCUT2D eigenvalue weighted by atomic mass is 10.0. The van der Waals surface area contributed by atoms with E-state index in [9.17, 15) is 22.4 Å². The third-order valence-electron chi connectivity index (χ3n) is 4.65. The fourth-order valence-corrected chi connectivity index (χ4v) is 3.04. The van der Waals surface area contributed by atoms with E-state index in [0.717, 1.165) is 18.3 Å². The maximum absolute atomic E-state index is 14.9. The van der Waals surface area contributed by atoms with Crippen molar-refractivity contribution in [2.45, 2.75) is 13.1 Å². The summed E-state index contributed by atoms with van der Waals surface area (Å²) in [4.78, 5) is 20.3. The molecule has 1 amide bonds. The molecule has 0 spiro atoms. The van der Waals surface area contributed by atoms with E-state index in [1.54, 1.807) is 6.07 Å². The van der Waals surface area contributed by atoms with Crippen LogP contribution < -0.4 is 11.1 Å². The standard InChI is InChI=1S/C22H18F4N4O/c1-12-15(5-8-18(20(12)23)30-21(31)19(28-2)9-10-27)17-6-3-13-11-14(22(24,25)26)4-7-16(13)29-17/h3-11H,27H2,1-2H3,(H,30,31). The zero-order valence-electron chi connectivity index (χ0n) is 16.6. The maximum atomic E-state index is 14.9. The summed E-state index contributed by atoms with van der Waals surface area (Å²) in [6.45, 7) is 1.52. The minimum atomic E-state index is -4.45. The van der Waals surface area contributed by atoms with Crippen LogP contribution >= 0.6 is 0 Å². The van der Waals surface area contributed by atoms with Crippen LogP contribution in [0.3, 0.4) is 0 Å². The maximum Gasteiger partial charge on any atom is 0.416 e. The van der Waals surface area contributed by atoms with Gasteiger partial charge in [-0.25, -0.2) is 9.37 Å². The molecule has 0 atom stereocenters. The number of alkyl halides is 3. The number of hydrogen-bond donors (Lipinski definition) is 2. The summed E-state index contributed by atoms with van der Waals surface area (Å²) in [6, 6.07) is 9.23. The lowest BCUT2D eigenvalue weighted by molar-refractivity contribution is -0.137. The van der Waals surface area contributed by atoms with Gasteiger partial charge in [0.25, 0.3) is 5.91 Å². The average Bonchev–Trinajstić information content (AvgIpc) is 2.74. The Hall–Kier alpha value is -3.75. The molecule has 0 aliphatic rings. The number of aliphatic imine (C=N–C) groups is 1. The first-order valence-corrected chi connectivity index (χ1v) is 9.09. The Bertz CT molecular complexity index is 1220. The number of fused-ring (bicyclic) bond motifs is 1. The van der Waals surface area contributed by atoms with Crippen molar-refractivity contribution in [2.24, 2.45) is 10.7 Å². The number of benzene rings is 2. The van der Waals surface area contributed by atoms with Crippen LogP contribution in [0.5, 0.6) is 0 Å². The lowest BCUT2D eigenvalue weighted by Gasteiger charge is -2.13. The van der Waals surface area contributed by atoms with Gasteiger partial charge in [0.05, 0.1) is 22.5 Å². The van der Waals surface area contributed by atoms with E-state index >= 15 is 0 Å². The Morgan fingerprint density at radius 2 is 1.90 bits per heavy atom. The van der Waals surface area contributed by atoms with Crippen molar-refractivity contribution in [1.82, 2.24) is 4.98 Å². The highest BCUT2D eigenvalue weighted by molar-refractivity contribution is 6.47. The molecule has 160 valence electrons. The van der Waals surface area contributed by atoms with Crippen molar-refractivity contribution >= 4 is 28.2 Å². The summed E-state index contributed by atoms with van der Waals surface area (Å²) in [5.74, 6) is -1.29. The zero-order valence-corrected chi connectivity index (χ0v) is 16.6. The fraction of sp³-hybridized carbons (Fsp3) is 0.136. The molecule has 0 saturated heterocycles. The van der Waals surface area contributed by atoms with Crippen LogP contribution in [0.25, 0.3) is 22.2 Å². The van der Waals surface area contributed by atoms with Crippen LogP contribution in [0.15, 0.2) is 59.7 Å². The van der Waals surface area contributed by atoms with E-state index in [1.165, 1.54) is 44.3 Å². The van der Waals surface area contributed by atoms with Crippen LogP contribution in [0, 0.1) is 12.7 Å². The molecule has 3 aromatic rings. The minimum absolute atomic E-state index is 0.0260. The fourth-order valence-electron chi connectivity index (χ4n) is 3.04. The molecule has 3 N–H and O–H groups in total. The molecule has 31 heavy (non-hydrogen) atoms. The Labute approximate surface area is 175 Å². The van der Waals surface area contributed by atoms with Gasteiger partial charge in [0.1, 0.15) is 11.5 Å². The first-order chi connectivity index (χ1) is 14.7. The number of nitrogens with one attached hydrogen (secondary N) is 1. The smallest absolute Gasteiger partial charge is 0.405 e. The Balaban J connectivity index is 1.96. The van der Waals surface area contributed by atoms with Gasteiger partial charge in [0, 0.05) is 18.0 Å². The summed E-state index contributed by atoms with van der Waals surface area (Å²) < 4.78 is 53.6. The summed E-state index contributed by atoms with van der Waals surface area (Å²) >= 11 is 0. The number of nitrogens with zero attached hydrogens (tertiary/aromatic N) is 2. The minimum Gasteiger partial charge on any atom is -0.405 e. The molecule has 2 aromatic carbocycles. The number of carbonyl (C=O) groups is 1. The average molecular weight is 430 g/mol. The highest BCUT2D eigenvalue weighted by Gasteiger charge is 2.30. The molecule has 0 fully saturated rings. The molecule has 5 nitrogen and oxygen atoms in total. The summed E-state index contributed by atoms with van der Waals surface area (Å²) in [7, 11) is 1.41. The van der Waals surface area contributed by atoms with E-state index in [2.05, 4.69) is 15.3 Å². The Morgan fingerprint density at radius 3 is 2.55 bits per heavy atom. The second-order valence-corrected chi connectivity index (χ2v) is 6.62. The highest BCUT2D eigenvalue weighted by Crippen LogP contribution is 2.33. The SMILES string of the molecule is CN=C(C=CN)C(=O)Nc1ccc(-c2ccc3cc(C(F)(F)F)ccc3n2)c(C)c1F. The van der Waals surface area contributed by atoms with E-state index < -0.39 is 23.5 Å². The van der Waals surface area contributed by atoms with E-state index in [0.29, 0.717) is 22.2 Å². The van der Waals surface area contributed by atoms with Gasteiger partial charge in [0.2, 0.25) is 0 Å². The topological polar surface area (TPSA) is 80.4 Å². The second-order valence-electron chi connectivity index (χ2n) is 6.62. The number of rotatable bonds is 4. The number of aromatic nitrogens is 1. The van der Waals surface area contributed by atoms with Gasteiger partial charge in [-0.3, -0.25) is 9.79 Å². The molecule has 0 saturated carbocycles. The number of halogens is 4. The molecule has 0 radical (unpaired) electrons. The summed E-state index contributed by atoms with van der Waals surface area (Å²) in [6.07, 6.45) is -2.01. The molecule has 3 rings (SSSR count). The van der Waals surface area contributed by atoms with Crippen LogP contribution in [-0.2, 0) is 11.0 Å². The molecule has 0 aliphatic heterocycles. The van der Waals surface area contributed by atoms with E-state index in [1.807, 2.05) is 0 Å². The molecule has 1 aromatic heterocycles. The Morgan fingerprint density at radius 1 is 1.16 bits per heavy atom. The third-order valence-corrected chi connectivity index (χ3v) is 4.65. The normalized spacial score (nSPS) is 12.5.